The molecule has 0 spiro atoms. The van der Waals surface area contributed by atoms with Crippen molar-refractivity contribution < 1.29 is 9.84 Å². The molecule has 0 aromatic heterocycles. The molecule has 3 rings (SSSR count). The second-order valence-corrected chi connectivity index (χ2v) is 6.95. The first-order chi connectivity index (χ1) is 8.99. The van der Waals surface area contributed by atoms with Crippen molar-refractivity contribution >= 4 is 0 Å². The molecule has 1 heterocycles. The summed E-state index contributed by atoms with van der Waals surface area (Å²) in [6.07, 6.45) is 3.34. The van der Waals surface area contributed by atoms with Crippen molar-refractivity contribution in [3.05, 3.63) is 29.3 Å². The lowest BCUT2D eigenvalue weighted by Gasteiger charge is -2.24. The van der Waals surface area contributed by atoms with Crippen molar-refractivity contribution in [2.45, 2.75) is 51.6 Å². The van der Waals surface area contributed by atoms with Gasteiger partial charge in [0.2, 0.25) is 0 Å². The van der Waals surface area contributed by atoms with Crippen molar-refractivity contribution in [2.24, 2.45) is 11.8 Å². The number of ether oxygens (including phenoxy) is 1. The summed E-state index contributed by atoms with van der Waals surface area (Å²) in [6.45, 7) is 7.41. The first kappa shape index (κ1) is 13.0. The second-order valence-electron chi connectivity index (χ2n) is 6.95. The number of aliphatic hydroxyl groups excluding tert-OH is 1. The Bertz CT molecular complexity index is 478. The predicted octanol–water partition coefficient (Wildman–Crippen LogP) is 3.83. The molecule has 2 aliphatic rings. The second kappa shape index (κ2) is 4.52. The number of aliphatic hydroxyl groups is 1. The molecule has 2 heteroatoms. The first-order valence-electron chi connectivity index (χ1n) is 7.44. The van der Waals surface area contributed by atoms with E-state index in [1.807, 2.05) is 12.1 Å². The molecule has 1 aromatic rings. The number of rotatable bonds is 2. The van der Waals surface area contributed by atoms with E-state index in [0.29, 0.717) is 11.8 Å². The van der Waals surface area contributed by atoms with Crippen LogP contribution in [0.2, 0.25) is 0 Å². The molecule has 3 unspecified atom stereocenters. The number of fused-ring (bicyclic) bond motifs is 1. The Labute approximate surface area is 115 Å². The molecule has 3 atom stereocenters. The lowest BCUT2D eigenvalue weighted by atomic mass is 9.83. The van der Waals surface area contributed by atoms with Gasteiger partial charge < -0.3 is 9.84 Å². The molecule has 1 saturated carbocycles. The molecule has 0 amide bonds. The number of benzene rings is 1. The van der Waals surface area contributed by atoms with Gasteiger partial charge in [-0.25, -0.2) is 0 Å². The molecular weight excluding hydrogens is 236 g/mol. The van der Waals surface area contributed by atoms with Crippen LogP contribution in [-0.4, -0.2) is 11.7 Å². The number of hydrogen-bond acceptors (Lipinski definition) is 2. The monoisotopic (exact) mass is 260 g/mol. The van der Waals surface area contributed by atoms with Gasteiger partial charge in [0, 0.05) is 11.0 Å². The SMILES string of the molecule is CC1CCCC1C(O)c1ccc2c(c1)C(C)(C)CO2. The maximum Gasteiger partial charge on any atom is 0.123 e. The van der Waals surface area contributed by atoms with Gasteiger partial charge in [0.1, 0.15) is 5.75 Å². The van der Waals surface area contributed by atoms with Crippen LogP contribution in [0, 0.1) is 11.8 Å². The molecule has 0 radical (unpaired) electrons. The Morgan fingerprint density at radius 3 is 2.79 bits per heavy atom. The molecule has 0 saturated heterocycles. The van der Waals surface area contributed by atoms with E-state index in [1.165, 1.54) is 18.4 Å². The normalized spacial score (nSPS) is 29.9. The Balaban J connectivity index is 1.90. The van der Waals surface area contributed by atoms with E-state index in [0.717, 1.165) is 24.3 Å². The lowest BCUT2D eigenvalue weighted by Crippen LogP contribution is -2.19. The summed E-state index contributed by atoms with van der Waals surface area (Å²) in [4.78, 5) is 0. The Kier molecular flexibility index (Phi) is 3.09. The molecule has 2 nitrogen and oxygen atoms in total. The van der Waals surface area contributed by atoms with Crippen molar-refractivity contribution in [1.29, 1.82) is 0 Å². The van der Waals surface area contributed by atoms with Gasteiger partial charge in [-0.05, 0) is 36.0 Å². The average molecular weight is 260 g/mol. The first-order valence-corrected chi connectivity index (χ1v) is 7.44. The quantitative estimate of drug-likeness (QED) is 0.875. The number of hydrogen-bond donors (Lipinski definition) is 1. The summed E-state index contributed by atoms with van der Waals surface area (Å²) < 4.78 is 5.71. The smallest absolute Gasteiger partial charge is 0.123 e. The zero-order valence-electron chi connectivity index (χ0n) is 12.1. The third-order valence-electron chi connectivity index (χ3n) is 5.00. The fraction of sp³-hybridized carbons (Fsp3) is 0.647. The summed E-state index contributed by atoms with van der Waals surface area (Å²) >= 11 is 0. The summed E-state index contributed by atoms with van der Waals surface area (Å²) in [5.41, 5.74) is 2.37. The topological polar surface area (TPSA) is 29.5 Å². The molecule has 1 aromatic carbocycles. The van der Waals surface area contributed by atoms with E-state index in [4.69, 9.17) is 4.74 Å². The van der Waals surface area contributed by atoms with Crippen LogP contribution in [0.3, 0.4) is 0 Å². The van der Waals surface area contributed by atoms with Gasteiger partial charge in [-0.15, -0.1) is 0 Å². The minimum atomic E-state index is -0.320. The van der Waals surface area contributed by atoms with E-state index in [-0.39, 0.29) is 11.5 Å². The van der Waals surface area contributed by atoms with Crippen LogP contribution in [0.5, 0.6) is 5.75 Å². The summed E-state index contributed by atoms with van der Waals surface area (Å²) in [7, 11) is 0. The highest BCUT2D eigenvalue weighted by atomic mass is 16.5. The van der Waals surface area contributed by atoms with Crippen LogP contribution in [0.1, 0.15) is 57.3 Å². The fourth-order valence-corrected chi connectivity index (χ4v) is 3.61. The Morgan fingerprint density at radius 2 is 2.11 bits per heavy atom. The molecule has 1 aliphatic carbocycles. The molecule has 0 bridgehead atoms. The van der Waals surface area contributed by atoms with Gasteiger partial charge in [0.25, 0.3) is 0 Å². The highest BCUT2D eigenvalue weighted by molar-refractivity contribution is 5.45. The lowest BCUT2D eigenvalue weighted by molar-refractivity contribution is 0.0899. The van der Waals surface area contributed by atoms with Crippen LogP contribution in [0.15, 0.2) is 18.2 Å². The van der Waals surface area contributed by atoms with Crippen molar-refractivity contribution in [1.82, 2.24) is 0 Å². The van der Waals surface area contributed by atoms with Crippen LogP contribution >= 0.6 is 0 Å². The summed E-state index contributed by atoms with van der Waals surface area (Å²) in [5.74, 6) is 2.04. The minimum Gasteiger partial charge on any atom is -0.492 e. The van der Waals surface area contributed by atoms with Gasteiger partial charge in [0.15, 0.2) is 0 Å². The third-order valence-corrected chi connectivity index (χ3v) is 5.00. The van der Waals surface area contributed by atoms with E-state index in [1.54, 1.807) is 0 Å². The third kappa shape index (κ3) is 2.16. The Hall–Kier alpha value is -1.02. The van der Waals surface area contributed by atoms with Crippen molar-refractivity contribution in [3.63, 3.8) is 0 Å². The van der Waals surface area contributed by atoms with Gasteiger partial charge in [0.05, 0.1) is 12.7 Å². The van der Waals surface area contributed by atoms with Gasteiger partial charge >= 0.3 is 0 Å². The van der Waals surface area contributed by atoms with Crippen LogP contribution < -0.4 is 4.74 Å². The van der Waals surface area contributed by atoms with E-state index >= 15 is 0 Å². The highest BCUT2D eigenvalue weighted by Crippen LogP contribution is 2.43. The standard InChI is InChI=1S/C17H24O2/c1-11-5-4-6-13(11)16(18)12-7-8-15-14(9-12)17(2,3)10-19-15/h7-9,11,13,16,18H,4-6,10H2,1-3H3. The van der Waals surface area contributed by atoms with Gasteiger partial charge in [-0.3, -0.25) is 0 Å². The average Bonchev–Trinajstić information content (AvgIpc) is 2.93. The molecule has 19 heavy (non-hydrogen) atoms. The van der Waals surface area contributed by atoms with Gasteiger partial charge in [-0.2, -0.15) is 0 Å². The van der Waals surface area contributed by atoms with Crippen LogP contribution in [0.4, 0.5) is 0 Å². The van der Waals surface area contributed by atoms with Crippen LogP contribution in [-0.2, 0) is 5.41 Å². The van der Waals surface area contributed by atoms with E-state index < -0.39 is 0 Å². The summed E-state index contributed by atoms with van der Waals surface area (Å²) in [6, 6.07) is 6.23. The molecule has 104 valence electrons. The van der Waals surface area contributed by atoms with E-state index in [2.05, 4.69) is 26.8 Å². The maximum absolute atomic E-state index is 10.7. The summed E-state index contributed by atoms with van der Waals surface area (Å²) in [5, 5.41) is 10.7. The van der Waals surface area contributed by atoms with Crippen molar-refractivity contribution in [3.8, 4) is 5.75 Å². The largest absolute Gasteiger partial charge is 0.492 e. The van der Waals surface area contributed by atoms with E-state index in [9.17, 15) is 5.11 Å². The Morgan fingerprint density at radius 1 is 1.32 bits per heavy atom. The zero-order valence-corrected chi connectivity index (χ0v) is 12.1. The molecule has 1 fully saturated rings. The zero-order chi connectivity index (χ0) is 13.6. The highest BCUT2D eigenvalue weighted by Gasteiger charge is 2.35. The van der Waals surface area contributed by atoms with Crippen LogP contribution in [0.25, 0.3) is 0 Å². The molecule has 1 N–H and O–H groups in total. The van der Waals surface area contributed by atoms with Crippen molar-refractivity contribution in [2.75, 3.05) is 6.61 Å². The van der Waals surface area contributed by atoms with Gasteiger partial charge in [-0.1, -0.05) is 39.7 Å². The molecule has 1 aliphatic heterocycles. The maximum atomic E-state index is 10.7. The fourth-order valence-electron chi connectivity index (χ4n) is 3.61. The molecular formula is C17H24O2. The minimum absolute atomic E-state index is 0.0619. The predicted molar refractivity (Wildman–Crippen MR) is 76.4 cm³/mol.